The van der Waals surface area contributed by atoms with Gasteiger partial charge in [-0.05, 0) is 42.5 Å². The molecule has 0 spiro atoms. The van der Waals surface area contributed by atoms with E-state index in [4.69, 9.17) is 12.2 Å². The van der Waals surface area contributed by atoms with Crippen molar-refractivity contribution in [1.29, 1.82) is 0 Å². The van der Waals surface area contributed by atoms with Crippen LogP contribution in [0.2, 0.25) is 0 Å². The van der Waals surface area contributed by atoms with Crippen LogP contribution in [0.15, 0.2) is 59.9 Å². The van der Waals surface area contributed by atoms with E-state index in [-0.39, 0.29) is 11.5 Å². The largest absolute Gasteiger partial charge is 0.335 e. The molecule has 0 aliphatic carbocycles. The van der Waals surface area contributed by atoms with Crippen molar-refractivity contribution in [3.05, 3.63) is 80.8 Å². The number of aromatic amines is 1. The van der Waals surface area contributed by atoms with Crippen LogP contribution in [0.3, 0.4) is 0 Å². The Balaban J connectivity index is 1.63. The van der Waals surface area contributed by atoms with Gasteiger partial charge >= 0.3 is 0 Å². The summed E-state index contributed by atoms with van der Waals surface area (Å²) in [7, 11) is 1.74. The van der Waals surface area contributed by atoms with E-state index in [0.717, 1.165) is 15.2 Å². The molecule has 0 atom stereocenters. The number of allylic oxidation sites excluding steroid dienone is 1. The molecule has 4 rings (SSSR count). The number of thiazole rings is 1. The van der Waals surface area contributed by atoms with Gasteiger partial charge in [-0.15, -0.1) is 17.9 Å². The number of nitrogens with zero attached hydrogens (tertiary/aromatic N) is 3. The summed E-state index contributed by atoms with van der Waals surface area (Å²) in [5.74, 6) is -0.152. The minimum Gasteiger partial charge on any atom is -0.335 e. The Hall–Kier alpha value is -3.10. The summed E-state index contributed by atoms with van der Waals surface area (Å²) in [6.45, 7) is 4.39. The molecule has 0 fully saturated rings. The molecule has 0 saturated carbocycles. The number of fused-ring (bicyclic) bond motifs is 2. The van der Waals surface area contributed by atoms with E-state index in [9.17, 15) is 9.59 Å². The number of aromatic nitrogens is 3. The zero-order chi connectivity index (χ0) is 20.5. The minimum atomic E-state index is -0.203. The third kappa shape index (κ3) is 3.64. The molecule has 2 aromatic heterocycles. The Labute approximate surface area is 175 Å². The van der Waals surface area contributed by atoms with Gasteiger partial charge in [0.2, 0.25) is 0 Å². The van der Waals surface area contributed by atoms with Crippen molar-refractivity contribution in [3.63, 3.8) is 0 Å². The number of carbonyl (C=O) groups excluding carboxylic acids is 1. The van der Waals surface area contributed by atoms with E-state index in [1.54, 1.807) is 47.6 Å². The van der Waals surface area contributed by atoms with Crippen molar-refractivity contribution in [2.75, 3.05) is 7.05 Å². The van der Waals surface area contributed by atoms with Crippen LogP contribution >= 0.6 is 23.6 Å². The number of amides is 1. The minimum absolute atomic E-state index is 0.152. The predicted molar refractivity (Wildman–Crippen MR) is 119 cm³/mol. The molecule has 0 aliphatic heterocycles. The predicted octanol–water partition coefficient (Wildman–Crippen LogP) is 4.13. The zero-order valence-electron chi connectivity index (χ0n) is 15.7. The van der Waals surface area contributed by atoms with Gasteiger partial charge in [0.05, 0.1) is 27.7 Å². The first kappa shape index (κ1) is 19.2. The first-order chi connectivity index (χ1) is 14.0. The molecule has 4 aromatic rings. The molecule has 6 nitrogen and oxygen atoms in total. The van der Waals surface area contributed by atoms with Crippen LogP contribution in [0, 0.1) is 4.77 Å². The quantitative estimate of drug-likeness (QED) is 0.388. The molecule has 8 heteroatoms. The van der Waals surface area contributed by atoms with Crippen molar-refractivity contribution in [1.82, 2.24) is 19.4 Å². The molecule has 0 saturated heterocycles. The maximum Gasteiger partial charge on any atom is 0.262 e. The lowest BCUT2D eigenvalue weighted by Crippen LogP contribution is -2.26. The summed E-state index contributed by atoms with van der Waals surface area (Å²) in [6, 6.07) is 12.9. The van der Waals surface area contributed by atoms with Crippen molar-refractivity contribution < 1.29 is 4.79 Å². The molecule has 29 heavy (non-hydrogen) atoms. The van der Waals surface area contributed by atoms with E-state index in [2.05, 4.69) is 16.5 Å². The van der Waals surface area contributed by atoms with Crippen LogP contribution in [-0.2, 0) is 13.1 Å². The average Bonchev–Trinajstić information content (AvgIpc) is 3.12. The molecular weight excluding hydrogens is 404 g/mol. The summed E-state index contributed by atoms with van der Waals surface area (Å²) >= 11 is 6.84. The van der Waals surface area contributed by atoms with Crippen LogP contribution in [0.1, 0.15) is 15.4 Å². The Morgan fingerprint density at radius 3 is 2.90 bits per heavy atom. The number of H-pyrrole nitrogens is 1. The number of para-hydroxylation sites is 1. The summed E-state index contributed by atoms with van der Waals surface area (Å²) in [6.07, 6.45) is 1.62. The molecule has 2 aromatic carbocycles. The Bertz CT molecular complexity index is 1330. The number of benzene rings is 2. The zero-order valence-corrected chi connectivity index (χ0v) is 17.3. The van der Waals surface area contributed by atoms with E-state index in [1.165, 1.54) is 4.57 Å². The molecule has 0 unspecified atom stereocenters. The van der Waals surface area contributed by atoms with Gasteiger partial charge < -0.3 is 9.88 Å². The van der Waals surface area contributed by atoms with Crippen molar-refractivity contribution >= 4 is 50.6 Å². The highest BCUT2D eigenvalue weighted by molar-refractivity contribution is 7.71. The van der Waals surface area contributed by atoms with Gasteiger partial charge in [-0.25, -0.2) is 4.98 Å². The molecule has 0 radical (unpaired) electrons. The van der Waals surface area contributed by atoms with Gasteiger partial charge in [-0.3, -0.25) is 14.2 Å². The second-order valence-corrected chi connectivity index (χ2v) is 8.13. The molecule has 1 N–H and O–H groups in total. The Morgan fingerprint density at radius 1 is 1.34 bits per heavy atom. The van der Waals surface area contributed by atoms with Crippen LogP contribution in [-0.4, -0.2) is 32.4 Å². The summed E-state index contributed by atoms with van der Waals surface area (Å²) in [5, 5.41) is 1.35. The fraction of sp³-hybridized carbons (Fsp3) is 0.143. The lowest BCUT2D eigenvalue weighted by atomic mass is 10.1. The lowest BCUT2D eigenvalue weighted by Gasteiger charge is -2.16. The third-order valence-corrected chi connectivity index (χ3v) is 5.94. The maximum atomic E-state index is 12.9. The highest BCUT2D eigenvalue weighted by Gasteiger charge is 2.16. The van der Waals surface area contributed by atoms with Crippen molar-refractivity contribution in [2.24, 2.45) is 0 Å². The Morgan fingerprint density at radius 2 is 2.14 bits per heavy atom. The standard InChI is InChI=1S/C21H18N4O2S2/c1-3-10-25-20(27)14-9-8-13(11-16(14)23-21(25)28)19(26)24(2)12-18-22-15-6-4-5-7-17(15)29-18/h3-9,11H,1,10,12H2,2H3,(H,23,28). The average molecular weight is 423 g/mol. The highest BCUT2D eigenvalue weighted by Crippen LogP contribution is 2.23. The van der Waals surface area contributed by atoms with Gasteiger partial charge in [0.1, 0.15) is 5.01 Å². The SMILES string of the molecule is C=CCn1c(=S)[nH]c2cc(C(=O)N(C)Cc3nc4ccccc4s3)ccc2c1=O. The summed E-state index contributed by atoms with van der Waals surface area (Å²) in [4.78, 5) is 34.8. The Kier molecular flexibility index (Phi) is 5.12. The van der Waals surface area contributed by atoms with Gasteiger partial charge in [0, 0.05) is 19.2 Å². The third-order valence-electron chi connectivity index (χ3n) is 4.60. The number of carbonyl (C=O) groups is 1. The maximum absolute atomic E-state index is 12.9. The van der Waals surface area contributed by atoms with E-state index < -0.39 is 0 Å². The smallest absolute Gasteiger partial charge is 0.262 e. The van der Waals surface area contributed by atoms with Crippen LogP contribution < -0.4 is 5.56 Å². The highest BCUT2D eigenvalue weighted by atomic mass is 32.1. The fourth-order valence-electron chi connectivity index (χ4n) is 3.17. The lowest BCUT2D eigenvalue weighted by molar-refractivity contribution is 0.0785. The van der Waals surface area contributed by atoms with Gasteiger partial charge in [-0.2, -0.15) is 0 Å². The molecule has 2 heterocycles. The first-order valence-electron chi connectivity index (χ1n) is 8.95. The molecule has 1 amide bonds. The number of hydrogen-bond acceptors (Lipinski definition) is 5. The van der Waals surface area contributed by atoms with Crippen molar-refractivity contribution in [2.45, 2.75) is 13.1 Å². The number of nitrogens with one attached hydrogen (secondary N) is 1. The van der Waals surface area contributed by atoms with Crippen LogP contribution in [0.4, 0.5) is 0 Å². The second kappa shape index (κ2) is 7.73. The normalized spacial score (nSPS) is 11.1. The summed E-state index contributed by atoms with van der Waals surface area (Å²) in [5.41, 5.74) is 1.75. The van der Waals surface area contributed by atoms with Gasteiger partial charge in [0.25, 0.3) is 11.5 Å². The number of rotatable bonds is 5. The van der Waals surface area contributed by atoms with E-state index in [1.807, 2.05) is 24.3 Å². The van der Waals surface area contributed by atoms with Gasteiger partial charge in [0.15, 0.2) is 4.77 Å². The second-order valence-electron chi connectivity index (χ2n) is 6.63. The number of hydrogen-bond donors (Lipinski definition) is 1. The summed E-state index contributed by atoms with van der Waals surface area (Å²) < 4.78 is 2.83. The van der Waals surface area contributed by atoms with E-state index >= 15 is 0 Å². The molecular formula is C21H18N4O2S2. The topological polar surface area (TPSA) is 71.0 Å². The van der Waals surface area contributed by atoms with Crippen molar-refractivity contribution in [3.8, 4) is 0 Å². The molecule has 146 valence electrons. The molecule has 0 bridgehead atoms. The van der Waals surface area contributed by atoms with Crippen LogP contribution in [0.5, 0.6) is 0 Å². The first-order valence-corrected chi connectivity index (χ1v) is 10.2. The molecule has 0 aliphatic rings. The van der Waals surface area contributed by atoms with Gasteiger partial charge in [-0.1, -0.05) is 18.2 Å². The van der Waals surface area contributed by atoms with Crippen LogP contribution in [0.25, 0.3) is 21.1 Å². The monoisotopic (exact) mass is 422 g/mol. The van der Waals surface area contributed by atoms with E-state index in [0.29, 0.717) is 34.3 Å². The fourth-order valence-corrected chi connectivity index (χ4v) is 4.45.